The van der Waals surface area contributed by atoms with Crippen LogP contribution >= 0.6 is 24.0 Å². The Hall–Kier alpha value is -1.87. The van der Waals surface area contributed by atoms with Crippen LogP contribution in [-0.4, -0.2) is 36.2 Å². The van der Waals surface area contributed by atoms with E-state index in [9.17, 15) is 0 Å². The first-order valence-electron chi connectivity index (χ1n) is 9.54. The molecule has 2 saturated heterocycles. The molecule has 2 bridgehead atoms. The standard InChI is InChI=1S/C21H26N4O2.HI/c1-22-21(25-18-12-17-7-8-19(18)27-17)24-13-16-9-10-23-20(11-16)26-14-15-5-3-2-4-6-15;/h2-6,9-11,17-19H,7-8,12-14H2,1H3,(H2,22,24,25);1H. The summed E-state index contributed by atoms with van der Waals surface area (Å²) in [6.07, 6.45) is 5.93. The zero-order valence-electron chi connectivity index (χ0n) is 16.0. The normalized spacial score (nSPS) is 23.2. The van der Waals surface area contributed by atoms with Crippen LogP contribution in [0.15, 0.2) is 53.7 Å². The van der Waals surface area contributed by atoms with Gasteiger partial charge in [-0.2, -0.15) is 0 Å². The minimum Gasteiger partial charge on any atom is -0.473 e. The van der Waals surface area contributed by atoms with Crippen molar-refractivity contribution >= 4 is 29.9 Å². The van der Waals surface area contributed by atoms with E-state index in [4.69, 9.17) is 9.47 Å². The summed E-state index contributed by atoms with van der Waals surface area (Å²) in [6, 6.07) is 14.4. The molecule has 150 valence electrons. The van der Waals surface area contributed by atoms with Crippen LogP contribution in [0.1, 0.15) is 30.4 Å². The molecule has 3 unspecified atom stereocenters. The zero-order chi connectivity index (χ0) is 18.5. The van der Waals surface area contributed by atoms with Crippen molar-refractivity contribution in [3.8, 4) is 5.88 Å². The lowest BCUT2D eigenvalue weighted by atomic mass is 9.96. The highest BCUT2D eigenvalue weighted by atomic mass is 127. The van der Waals surface area contributed by atoms with Crippen LogP contribution in [0.3, 0.4) is 0 Å². The lowest BCUT2D eigenvalue weighted by Gasteiger charge is -2.22. The van der Waals surface area contributed by atoms with E-state index in [0.717, 1.165) is 29.9 Å². The Morgan fingerprint density at radius 3 is 2.79 bits per heavy atom. The monoisotopic (exact) mass is 494 g/mol. The number of halogens is 1. The van der Waals surface area contributed by atoms with E-state index in [-0.39, 0.29) is 24.0 Å². The Morgan fingerprint density at radius 1 is 1.21 bits per heavy atom. The molecule has 1 aromatic carbocycles. The number of benzene rings is 1. The highest BCUT2D eigenvalue weighted by molar-refractivity contribution is 14.0. The number of ether oxygens (including phenoxy) is 2. The molecule has 6 nitrogen and oxygen atoms in total. The fourth-order valence-electron chi connectivity index (χ4n) is 3.72. The largest absolute Gasteiger partial charge is 0.473 e. The van der Waals surface area contributed by atoms with Gasteiger partial charge in [0.2, 0.25) is 5.88 Å². The molecule has 2 aliphatic heterocycles. The van der Waals surface area contributed by atoms with Gasteiger partial charge in [-0.3, -0.25) is 4.99 Å². The molecule has 2 fully saturated rings. The number of pyridine rings is 1. The average molecular weight is 494 g/mol. The van der Waals surface area contributed by atoms with Crippen LogP contribution in [0.25, 0.3) is 0 Å². The maximum atomic E-state index is 5.90. The molecule has 2 aliphatic rings. The Balaban J connectivity index is 0.00000225. The van der Waals surface area contributed by atoms with Crippen LogP contribution in [0.2, 0.25) is 0 Å². The first-order valence-corrected chi connectivity index (χ1v) is 9.54. The first kappa shape index (κ1) is 20.9. The van der Waals surface area contributed by atoms with Gasteiger partial charge in [0.05, 0.1) is 18.2 Å². The fourth-order valence-corrected chi connectivity index (χ4v) is 3.72. The Labute approximate surface area is 183 Å². The fraction of sp³-hybridized carbons (Fsp3) is 0.429. The predicted octanol–water partition coefficient (Wildman–Crippen LogP) is 3.26. The molecule has 0 amide bonds. The van der Waals surface area contributed by atoms with E-state index in [1.54, 1.807) is 13.2 Å². The maximum absolute atomic E-state index is 5.90. The number of aliphatic imine (C=N–C) groups is 1. The van der Waals surface area contributed by atoms with Gasteiger partial charge in [0.15, 0.2) is 5.96 Å². The second kappa shape index (κ2) is 10.1. The molecule has 28 heavy (non-hydrogen) atoms. The van der Waals surface area contributed by atoms with E-state index < -0.39 is 0 Å². The van der Waals surface area contributed by atoms with Crippen LogP contribution in [-0.2, 0) is 17.9 Å². The van der Waals surface area contributed by atoms with Crippen molar-refractivity contribution in [1.82, 2.24) is 15.6 Å². The van der Waals surface area contributed by atoms with Gasteiger partial charge in [0, 0.05) is 25.9 Å². The van der Waals surface area contributed by atoms with E-state index in [1.807, 2.05) is 42.5 Å². The van der Waals surface area contributed by atoms with Gasteiger partial charge in [-0.05, 0) is 36.5 Å². The minimum atomic E-state index is 0. The van der Waals surface area contributed by atoms with Gasteiger partial charge in [0.1, 0.15) is 6.61 Å². The molecule has 0 aliphatic carbocycles. The average Bonchev–Trinajstić information content (AvgIpc) is 3.34. The molecule has 1 aromatic heterocycles. The lowest BCUT2D eigenvalue weighted by Crippen LogP contribution is -2.47. The number of hydrogen-bond acceptors (Lipinski definition) is 4. The molecule has 3 heterocycles. The van der Waals surface area contributed by atoms with Crippen molar-refractivity contribution in [2.24, 2.45) is 4.99 Å². The van der Waals surface area contributed by atoms with E-state index in [0.29, 0.717) is 37.3 Å². The second-order valence-corrected chi connectivity index (χ2v) is 7.06. The number of fused-ring (bicyclic) bond motifs is 2. The quantitative estimate of drug-likeness (QED) is 0.367. The highest BCUT2D eigenvalue weighted by Gasteiger charge is 2.41. The van der Waals surface area contributed by atoms with Gasteiger partial charge in [-0.15, -0.1) is 24.0 Å². The Kier molecular flexibility index (Phi) is 7.50. The molecular formula is C21H27IN4O2. The molecule has 2 N–H and O–H groups in total. The summed E-state index contributed by atoms with van der Waals surface area (Å²) in [4.78, 5) is 8.64. The molecule has 4 rings (SSSR count). The van der Waals surface area contributed by atoms with Crippen molar-refractivity contribution in [3.63, 3.8) is 0 Å². The SMILES string of the molecule is CN=C(NCc1ccnc(OCc2ccccc2)c1)NC1CC2CCC1O2.I. The van der Waals surface area contributed by atoms with Crippen LogP contribution in [0.4, 0.5) is 0 Å². The topological polar surface area (TPSA) is 67.8 Å². The summed E-state index contributed by atoms with van der Waals surface area (Å²) in [6.45, 7) is 1.17. The number of aromatic nitrogens is 1. The minimum absolute atomic E-state index is 0. The van der Waals surface area contributed by atoms with Crippen molar-refractivity contribution in [1.29, 1.82) is 0 Å². The molecule has 3 atom stereocenters. The van der Waals surface area contributed by atoms with Gasteiger partial charge >= 0.3 is 0 Å². The first-order chi connectivity index (χ1) is 13.3. The van der Waals surface area contributed by atoms with Gasteiger partial charge in [-0.1, -0.05) is 30.3 Å². The number of rotatable bonds is 6. The molecule has 0 spiro atoms. The summed E-state index contributed by atoms with van der Waals surface area (Å²) in [5.41, 5.74) is 2.22. The third-order valence-electron chi connectivity index (χ3n) is 5.14. The molecule has 2 aromatic rings. The van der Waals surface area contributed by atoms with Crippen molar-refractivity contribution in [2.45, 2.75) is 50.7 Å². The number of nitrogens with zero attached hydrogens (tertiary/aromatic N) is 2. The summed E-state index contributed by atoms with van der Waals surface area (Å²) in [7, 11) is 1.80. The Bertz CT molecular complexity index is 787. The zero-order valence-corrected chi connectivity index (χ0v) is 18.3. The predicted molar refractivity (Wildman–Crippen MR) is 120 cm³/mol. The van der Waals surface area contributed by atoms with Crippen molar-refractivity contribution < 1.29 is 9.47 Å². The second-order valence-electron chi connectivity index (χ2n) is 7.06. The summed E-state index contributed by atoms with van der Waals surface area (Å²) in [5.74, 6) is 1.43. The van der Waals surface area contributed by atoms with E-state index >= 15 is 0 Å². The summed E-state index contributed by atoms with van der Waals surface area (Å²) < 4.78 is 11.7. The molecule has 7 heteroatoms. The highest BCUT2D eigenvalue weighted by Crippen LogP contribution is 2.34. The lowest BCUT2D eigenvalue weighted by molar-refractivity contribution is 0.0992. The van der Waals surface area contributed by atoms with Crippen molar-refractivity contribution in [2.75, 3.05) is 7.05 Å². The Morgan fingerprint density at radius 2 is 2.07 bits per heavy atom. The van der Waals surface area contributed by atoms with Gasteiger partial charge < -0.3 is 20.1 Å². The number of hydrogen-bond donors (Lipinski definition) is 2. The molecule has 0 radical (unpaired) electrons. The maximum Gasteiger partial charge on any atom is 0.213 e. The van der Waals surface area contributed by atoms with Crippen LogP contribution in [0.5, 0.6) is 5.88 Å². The third-order valence-corrected chi connectivity index (χ3v) is 5.14. The smallest absolute Gasteiger partial charge is 0.213 e. The van der Waals surface area contributed by atoms with E-state index in [2.05, 4.69) is 20.6 Å². The van der Waals surface area contributed by atoms with Crippen molar-refractivity contribution in [3.05, 3.63) is 59.8 Å². The number of guanidine groups is 1. The third kappa shape index (κ3) is 5.35. The molecular weight excluding hydrogens is 467 g/mol. The van der Waals surface area contributed by atoms with Crippen LogP contribution in [0, 0.1) is 0 Å². The summed E-state index contributed by atoms with van der Waals surface area (Å²) >= 11 is 0. The van der Waals surface area contributed by atoms with E-state index in [1.165, 1.54) is 6.42 Å². The molecule has 0 saturated carbocycles. The number of nitrogens with one attached hydrogen (secondary N) is 2. The van der Waals surface area contributed by atoms with Gasteiger partial charge in [-0.25, -0.2) is 4.98 Å². The van der Waals surface area contributed by atoms with Crippen LogP contribution < -0.4 is 15.4 Å². The summed E-state index contributed by atoms with van der Waals surface area (Å²) in [5, 5.41) is 6.87. The van der Waals surface area contributed by atoms with Gasteiger partial charge in [0.25, 0.3) is 0 Å².